The topological polar surface area (TPSA) is 67.3 Å². The monoisotopic (exact) mass is 329 g/mol. The number of thiophene rings is 1. The number of rotatable bonds is 5. The predicted octanol–water partition coefficient (Wildman–Crippen LogP) is 2.45. The number of hydrogen-bond acceptors (Lipinski definition) is 6. The first-order chi connectivity index (χ1) is 8.70. The minimum atomic E-state index is -0.575. The van der Waals surface area contributed by atoms with Crippen LogP contribution in [0.5, 0.6) is 5.88 Å². The van der Waals surface area contributed by atoms with Crippen LogP contribution in [0.1, 0.15) is 11.7 Å². The van der Waals surface area contributed by atoms with Gasteiger partial charge in [-0.3, -0.25) is 0 Å². The molecule has 0 saturated heterocycles. The standard InChI is InChI=1S/C11H12BrN3O2S/c1-17-10-8(12)4-13-11(15-10)14-5-9(16)7-2-3-18-6-7/h2-4,6,9,16H,5H2,1H3,(H,13,14,15). The molecule has 2 heterocycles. The maximum absolute atomic E-state index is 9.90. The summed E-state index contributed by atoms with van der Waals surface area (Å²) in [6.45, 7) is 0.349. The molecule has 0 bridgehead atoms. The number of methoxy groups -OCH3 is 1. The second-order valence-electron chi connectivity index (χ2n) is 3.50. The Morgan fingerprint density at radius 2 is 2.44 bits per heavy atom. The van der Waals surface area contributed by atoms with Gasteiger partial charge in [0.2, 0.25) is 11.8 Å². The largest absolute Gasteiger partial charge is 0.480 e. The Morgan fingerprint density at radius 1 is 1.61 bits per heavy atom. The molecule has 0 radical (unpaired) electrons. The second-order valence-corrected chi connectivity index (χ2v) is 5.14. The van der Waals surface area contributed by atoms with Crippen molar-refractivity contribution in [2.45, 2.75) is 6.10 Å². The molecule has 18 heavy (non-hydrogen) atoms. The van der Waals surface area contributed by atoms with Crippen molar-refractivity contribution in [3.63, 3.8) is 0 Å². The fraction of sp³-hybridized carbons (Fsp3) is 0.273. The summed E-state index contributed by atoms with van der Waals surface area (Å²) in [4.78, 5) is 8.23. The van der Waals surface area contributed by atoms with Crippen molar-refractivity contribution in [3.05, 3.63) is 33.1 Å². The van der Waals surface area contributed by atoms with E-state index in [0.717, 1.165) is 5.56 Å². The number of hydrogen-bond donors (Lipinski definition) is 2. The van der Waals surface area contributed by atoms with Gasteiger partial charge < -0.3 is 15.2 Å². The fourth-order valence-corrected chi connectivity index (χ4v) is 2.41. The van der Waals surface area contributed by atoms with Gasteiger partial charge in [-0.1, -0.05) is 0 Å². The van der Waals surface area contributed by atoms with Gasteiger partial charge in [-0.2, -0.15) is 16.3 Å². The number of nitrogens with zero attached hydrogens (tertiary/aromatic N) is 2. The lowest BCUT2D eigenvalue weighted by atomic mass is 10.2. The normalized spacial score (nSPS) is 12.2. The minimum Gasteiger partial charge on any atom is -0.480 e. The van der Waals surface area contributed by atoms with Gasteiger partial charge in [-0.25, -0.2) is 4.98 Å². The molecular weight excluding hydrogens is 318 g/mol. The van der Waals surface area contributed by atoms with Crippen LogP contribution >= 0.6 is 27.3 Å². The van der Waals surface area contributed by atoms with Crippen LogP contribution < -0.4 is 10.1 Å². The van der Waals surface area contributed by atoms with E-state index in [2.05, 4.69) is 31.2 Å². The van der Waals surface area contributed by atoms with Gasteiger partial charge in [0.25, 0.3) is 0 Å². The number of anilines is 1. The molecule has 5 nitrogen and oxygen atoms in total. The molecule has 0 saturated carbocycles. The molecule has 0 aromatic carbocycles. The summed E-state index contributed by atoms with van der Waals surface area (Å²) in [6.07, 6.45) is 1.03. The number of halogens is 1. The molecule has 2 rings (SSSR count). The van der Waals surface area contributed by atoms with E-state index in [-0.39, 0.29) is 0 Å². The van der Waals surface area contributed by atoms with E-state index in [4.69, 9.17) is 4.74 Å². The lowest BCUT2D eigenvalue weighted by Gasteiger charge is -2.11. The lowest BCUT2D eigenvalue weighted by Crippen LogP contribution is -2.13. The van der Waals surface area contributed by atoms with Gasteiger partial charge in [0.1, 0.15) is 0 Å². The summed E-state index contributed by atoms with van der Waals surface area (Å²) >= 11 is 4.83. The molecule has 0 fully saturated rings. The zero-order chi connectivity index (χ0) is 13.0. The van der Waals surface area contributed by atoms with Crippen LogP contribution in [0.4, 0.5) is 5.95 Å². The first-order valence-corrected chi connectivity index (χ1v) is 6.95. The molecule has 0 aliphatic heterocycles. The molecule has 1 atom stereocenters. The predicted molar refractivity (Wildman–Crippen MR) is 74.1 cm³/mol. The third-order valence-electron chi connectivity index (χ3n) is 2.29. The highest BCUT2D eigenvalue weighted by atomic mass is 79.9. The maximum atomic E-state index is 9.90. The number of ether oxygens (including phenoxy) is 1. The Kier molecular flexibility index (Phi) is 4.51. The van der Waals surface area contributed by atoms with Crippen LogP contribution in [0.3, 0.4) is 0 Å². The van der Waals surface area contributed by atoms with Crippen LogP contribution in [-0.4, -0.2) is 28.7 Å². The molecule has 2 N–H and O–H groups in total. The van der Waals surface area contributed by atoms with Crippen molar-refractivity contribution in [2.24, 2.45) is 0 Å². The van der Waals surface area contributed by atoms with Crippen LogP contribution in [0.25, 0.3) is 0 Å². The highest BCUT2D eigenvalue weighted by Gasteiger charge is 2.09. The third-order valence-corrected chi connectivity index (χ3v) is 3.53. The van der Waals surface area contributed by atoms with Crippen LogP contribution in [0, 0.1) is 0 Å². The first-order valence-electron chi connectivity index (χ1n) is 5.21. The molecule has 0 aliphatic rings. The average Bonchev–Trinajstić information content (AvgIpc) is 2.91. The molecule has 1 unspecified atom stereocenters. The summed E-state index contributed by atoms with van der Waals surface area (Å²) in [5.74, 6) is 0.877. The highest BCUT2D eigenvalue weighted by molar-refractivity contribution is 9.10. The maximum Gasteiger partial charge on any atom is 0.232 e. The Hall–Kier alpha value is -1.18. The van der Waals surface area contributed by atoms with E-state index < -0.39 is 6.10 Å². The van der Waals surface area contributed by atoms with Gasteiger partial charge >= 0.3 is 0 Å². The summed E-state index contributed by atoms with van der Waals surface area (Å²) in [5, 5.41) is 16.7. The molecule has 0 amide bonds. The van der Waals surface area contributed by atoms with Gasteiger partial charge in [0.05, 0.1) is 23.9 Å². The molecular formula is C11H12BrN3O2S. The Bertz CT molecular complexity index is 507. The van der Waals surface area contributed by atoms with Gasteiger partial charge in [0, 0.05) is 6.54 Å². The fourth-order valence-electron chi connectivity index (χ4n) is 1.35. The highest BCUT2D eigenvalue weighted by Crippen LogP contribution is 2.22. The Balaban J connectivity index is 1.98. The van der Waals surface area contributed by atoms with Gasteiger partial charge in [-0.15, -0.1) is 0 Å². The second kappa shape index (κ2) is 6.12. The molecule has 7 heteroatoms. The van der Waals surface area contributed by atoms with E-state index in [1.807, 2.05) is 16.8 Å². The summed E-state index contributed by atoms with van der Waals surface area (Å²) in [6, 6.07) is 1.89. The Morgan fingerprint density at radius 3 is 3.11 bits per heavy atom. The average molecular weight is 330 g/mol. The number of aromatic nitrogens is 2. The number of aliphatic hydroxyl groups is 1. The molecule has 96 valence electrons. The van der Waals surface area contributed by atoms with Gasteiger partial charge in [-0.05, 0) is 38.3 Å². The van der Waals surface area contributed by atoms with Crippen molar-refractivity contribution in [3.8, 4) is 5.88 Å². The van der Waals surface area contributed by atoms with Crippen molar-refractivity contribution in [1.82, 2.24) is 9.97 Å². The third kappa shape index (κ3) is 3.18. The summed E-state index contributed by atoms with van der Waals surface area (Å²) in [7, 11) is 1.54. The lowest BCUT2D eigenvalue weighted by molar-refractivity contribution is 0.192. The van der Waals surface area contributed by atoms with Crippen molar-refractivity contribution in [1.29, 1.82) is 0 Å². The number of aliphatic hydroxyl groups excluding tert-OH is 1. The smallest absolute Gasteiger partial charge is 0.232 e. The van der Waals surface area contributed by atoms with Crippen LogP contribution in [0.15, 0.2) is 27.5 Å². The van der Waals surface area contributed by atoms with E-state index in [0.29, 0.717) is 22.8 Å². The first kappa shape index (κ1) is 13.3. The minimum absolute atomic E-state index is 0.349. The zero-order valence-corrected chi connectivity index (χ0v) is 12.0. The molecule has 2 aromatic rings. The zero-order valence-electron chi connectivity index (χ0n) is 9.63. The molecule has 0 aliphatic carbocycles. The number of nitrogens with one attached hydrogen (secondary N) is 1. The summed E-state index contributed by atoms with van der Waals surface area (Å²) < 4.78 is 5.75. The van der Waals surface area contributed by atoms with E-state index in [9.17, 15) is 5.11 Å². The van der Waals surface area contributed by atoms with E-state index >= 15 is 0 Å². The van der Waals surface area contributed by atoms with E-state index in [1.54, 1.807) is 17.5 Å². The molecule has 0 spiro atoms. The summed E-state index contributed by atoms with van der Waals surface area (Å²) in [5.41, 5.74) is 0.886. The quantitative estimate of drug-likeness (QED) is 0.881. The Labute approximate surface area is 117 Å². The van der Waals surface area contributed by atoms with Crippen molar-refractivity contribution >= 4 is 33.2 Å². The van der Waals surface area contributed by atoms with Crippen LogP contribution in [0.2, 0.25) is 0 Å². The molecule has 2 aromatic heterocycles. The van der Waals surface area contributed by atoms with Crippen molar-refractivity contribution < 1.29 is 9.84 Å². The SMILES string of the molecule is COc1nc(NCC(O)c2ccsc2)ncc1Br. The van der Waals surface area contributed by atoms with Crippen molar-refractivity contribution in [2.75, 3.05) is 19.0 Å². The van der Waals surface area contributed by atoms with E-state index in [1.165, 1.54) is 7.11 Å². The van der Waals surface area contributed by atoms with Gasteiger partial charge in [0.15, 0.2) is 0 Å². The van der Waals surface area contributed by atoms with Crippen LogP contribution in [-0.2, 0) is 0 Å².